The van der Waals surface area contributed by atoms with Gasteiger partial charge in [0.25, 0.3) is 0 Å². The van der Waals surface area contributed by atoms with E-state index < -0.39 is 0 Å². The van der Waals surface area contributed by atoms with Gasteiger partial charge in [0.05, 0.1) is 0 Å². The summed E-state index contributed by atoms with van der Waals surface area (Å²) in [5, 5.41) is 3.33. The second kappa shape index (κ2) is 6.64. The Kier molecular flexibility index (Phi) is 5.13. The summed E-state index contributed by atoms with van der Waals surface area (Å²) in [6.45, 7) is 2.65. The summed E-state index contributed by atoms with van der Waals surface area (Å²) in [6, 6.07) is 13.0. The Labute approximate surface area is 129 Å². The van der Waals surface area contributed by atoms with E-state index in [1.165, 1.54) is 6.07 Å². The fourth-order valence-electron chi connectivity index (χ4n) is 1.86. The normalized spacial score (nSPS) is 12.4. The largest absolute Gasteiger partial charge is 0.306 e. The van der Waals surface area contributed by atoms with E-state index in [2.05, 4.69) is 37.2 Å². The van der Waals surface area contributed by atoms with E-state index in [4.69, 9.17) is 0 Å². The molecule has 0 amide bonds. The molecule has 1 atom stereocenters. The Bertz CT molecular complexity index is 572. The quantitative estimate of drug-likeness (QED) is 0.761. The van der Waals surface area contributed by atoms with Crippen LogP contribution < -0.4 is 5.32 Å². The van der Waals surface area contributed by atoms with Crippen LogP contribution >= 0.6 is 31.9 Å². The van der Waals surface area contributed by atoms with Gasteiger partial charge in [0.1, 0.15) is 5.82 Å². The van der Waals surface area contributed by atoms with Crippen molar-refractivity contribution in [2.75, 3.05) is 0 Å². The van der Waals surface area contributed by atoms with E-state index in [1.807, 2.05) is 37.3 Å². The summed E-state index contributed by atoms with van der Waals surface area (Å²) in [4.78, 5) is 0. The van der Waals surface area contributed by atoms with Crippen LogP contribution in [0.4, 0.5) is 4.39 Å². The van der Waals surface area contributed by atoms with Crippen LogP contribution in [-0.2, 0) is 6.54 Å². The molecule has 1 unspecified atom stereocenters. The van der Waals surface area contributed by atoms with Crippen LogP contribution in [0.1, 0.15) is 24.1 Å². The van der Waals surface area contributed by atoms with Crippen LogP contribution in [0.3, 0.4) is 0 Å². The Balaban J connectivity index is 2.07. The van der Waals surface area contributed by atoms with Crippen LogP contribution in [0.2, 0.25) is 0 Å². The van der Waals surface area contributed by atoms with Crippen molar-refractivity contribution in [1.29, 1.82) is 0 Å². The molecule has 2 aromatic carbocycles. The maximum Gasteiger partial charge on any atom is 0.128 e. The first-order chi connectivity index (χ1) is 9.08. The molecule has 0 saturated carbocycles. The zero-order valence-electron chi connectivity index (χ0n) is 10.5. The highest BCUT2D eigenvalue weighted by molar-refractivity contribution is 9.10. The summed E-state index contributed by atoms with van der Waals surface area (Å²) in [5.41, 5.74) is 1.83. The number of benzene rings is 2. The van der Waals surface area contributed by atoms with Gasteiger partial charge in [0.15, 0.2) is 0 Å². The smallest absolute Gasteiger partial charge is 0.128 e. The first kappa shape index (κ1) is 14.7. The van der Waals surface area contributed by atoms with Gasteiger partial charge in [-0.05, 0) is 36.8 Å². The van der Waals surface area contributed by atoms with Crippen molar-refractivity contribution >= 4 is 31.9 Å². The van der Waals surface area contributed by atoms with Gasteiger partial charge in [-0.15, -0.1) is 0 Å². The Hall–Kier alpha value is -0.710. The molecule has 0 aliphatic heterocycles. The van der Waals surface area contributed by atoms with Crippen molar-refractivity contribution in [2.24, 2.45) is 0 Å². The molecule has 0 aliphatic rings. The van der Waals surface area contributed by atoms with Crippen LogP contribution in [0, 0.1) is 5.82 Å². The predicted octanol–water partition coefficient (Wildman–Crippen LogP) is 5.20. The highest BCUT2D eigenvalue weighted by Gasteiger charge is 2.11. The zero-order valence-corrected chi connectivity index (χ0v) is 13.6. The lowest BCUT2D eigenvalue weighted by Gasteiger charge is -2.16. The number of hydrogen-bond acceptors (Lipinski definition) is 1. The van der Waals surface area contributed by atoms with Gasteiger partial charge < -0.3 is 5.32 Å². The second-order valence-corrected chi connectivity index (χ2v) is 6.13. The molecule has 0 bridgehead atoms. The van der Waals surface area contributed by atoms with E-state index in [1.54, 1.807) is 6.07 Å². The third-order valence-electron chi connectivity index (χ3n) is 2.98. The second-order valence-electron chi connectivity index (χ2n) is 4.36. The van der Waals surface area contributed by atoms with Crippen molar-refractivity contribution in [1.82, 2.24) is 5.32 Å². The van der Waals surface area contributed by atoms with Gasteiger partial charge in [-0.2, -0.15) is 0 Å². The highest BCUT2D eigenvalue weighted by Crippen LogP contribution is 2.22. The van der Waals surface area contributed by atoms with Gasteiger partial charge in [-0.3, -0.25) is 0 Å². The molecule has 0 aliphatic carbocycles. The zero-order chi connectivity index (χ0) is 13.8. The highest BCUT2D eigenvalue weighted by atomic mass is 79.9. The van der Waals surface area contributed by atoms with Crippen LogP contribution in [-0.4, -0.2) is 0 Å². The molecule has 2 aromatic rings. The summed E-state index contributed by atoms with van der Waals surface area (Å²) >= 11 is 6.88. The first-order valence-electron chi connectivity index (χ1n) is 5.99. The minimum absolute atomic E-state index is 0.0513. The maximum absolute atomic E-state index is 13.8. The average molecular weight is 387 g/mol. The molecule has 100 valence electrons. The molecular formula is C15H14Br2FN. The molecule has 19 heavy (non-hydrogen) atoms. The lowest BCUT2D eigenvalue weighted by atomic mass is 10.1. The molecule has 1 nitrogen and oxygen atoms in total. The summed E-state index contributed by atoms with van der Waals surface area (Å²) < 4.78 is 15.7. The van der Waals surface area contributed by atoms with E-state index in [0.29, 0.717) is 12.1 Å². The lowest BCUT2D eigenvalue weighted by Crippen LogP contribution is -2.19. The minimum Gasteiger partial charge on any atom is -0.306 e. The van der Waals surface area contributed by atoms with Crippen molar-refractivity contribution in [3.63, 3.8) is 0 Å². The van der Waals surface area contributed by atoms with Gasteiger partial charge in [0, 0.05) is 27.1 Å². The van der Waals surface area contributed by atoms with Gasteiger partial charge in [-0.25, -0.2) is 4.39 Å². The van der Waals surface area contributed by atoms with E-state index in [0.717, 1.165) is 14.5 Å². The number of hydrogen-bond donors (Lipinski definition) is 1. The molecule has 1 N–H and O–H groups in total. The fourth-order valence-corrected chi connectivity index (χ4v) is 2.66. The Morgan fingerprint density at radius 3 is 2.63 bits per heavy atom. The van der Waals surface area contributed by atoms with Gasteiger partial charge in [-0.1, -0.05) is 50.1 Å². The van der Waals surface area contributed by atoms with Crippen LogP contribution in [0.25, 0.3) is 0 Å². The SMILES string of the molecule is CC(NCc1ccccc1Br)c1cc(Br)ccc1F. The molecule has 4 heteroatoms. The van der Waals surface area contributed by atoms with Crippen molar-refractivity contribution < 1.29 is 4.39 Å². The maximum atomic E-state index is 13.8. The third kappa shape index (κ3) is 3.88. The monoisotopic (exact) mass is 385 g/mol. The molecule has 0 saturated heterocycles. The third-order valence-corrected chi connectivity index (χ3v) is 4.25. The molecular weight excluding hydrogens is 373 g/mol. The van der Waals surface area contributed by atoms with Gasteiger partial charge in [0.2, 0.25) is 0 Å². The van der Waals surface area contributed by atoms with E-state index in [-0.39, 0.29) is 11.9 Å². The number of rotatable bonds is 4. The minimum atomic E-state index is -0.185. The van der Waals surface area contributed by atoms with Crippen LogP contribution in [0.5, 0.6) is 0 Å². The summed E-state index contributed by atoms with van der Waals surface area (Å²) in [6.07, 6.45) is 0. The van der Waals surface area contributed by atoms with E-state index in [9.17, 15) is 4.39 Å². The Morgan fingerprint density at radius 2 is 1.89 bits per heavy atom. The van der Waals surface area contributed by atoms with E-state index >= 15 is 0 Å². The molecule has 0 radical (unpaired) electrons. The lowest BCUT2D eigenvalue weighted by molar-refractivity contribution is 0.527. The molecule has 0 aromatic heterocycles. The molecule has 0 heterocycles. The summed E-state index contributed by atoms with van der Waals surface area (Å²) in [7, 11) is 0. The van der Waals surface area contributed by atoms with Crippen molar-refractivity contribution in [3.8, 4) is 0 Å². The topological polar surface area (TPSA) is 12.0 Å². The number of halogens is 3. The average Bonchev–Trinajstić information content (AvgIpc) is 2.40. The molecule has 0 fully saturated rings. The molecule has 2 rings (SSSR count). The summed E-state index contributed by atoms with van der Waals surface area (Å²) in [5.74, 6) is -0.185. The fraction of sp³-hybridized carbons (Fsp3) is 0.200. The number of nitrogens with one attached hydrogen (secondary N) is 1. The first-order valence-corrected chi connectivity index (χ1v) is 7.58. The van der Waals surface area contributed by atoms with Gasteiger partial charge >= 0.3 is 0 Å². The van der Waals surface area contributed by atoms with Crippen molar-refractivity contribution in [3.05, 3.63) is 68.4 Å². The standard InChI is InChI=1S/C15H14Br2FN/c1-10(13-8-12(16)6-7-15(13)18)19-9-11-4-2-3-5-14(11)17/h2-8,10,19H,9H2,1H3. The predicted molar refractivity (Wildman–Crippen MR) is 83.5 cm³/mol. The van der Waals surface area contributed by atoms with Crippen molar-refractivity contribution in [2.45, 2.75) is 19.5 Å². The molecule has 0 spiro atoms. The Morgan fingerprint density at radius 1 is 1.16 bits per heavy atom. The van der Waals surface area contributed by atoms with Crippen LogP contribution in [0.15, 0.2) is 51.4 Å².